The van der Waals surface area contributed by atoms with Crippen molar-refractivity contribution in [2.45, 2.75) is 4.90 Å². The van der Waals surface area contributed by atoms with Crippen LogP contribution in [0.15, 0.2) is 53.6 Å². The molecule has 9 nitrogen and oxygen atoms in total. The van der Waals surface area contributed by atoms with Gasteiger partial charge in [0.2, 0.25) is 5.28 Å². The van der Waals surface area contributed by atoms with E-state index in [-0.39, 0.29) is 16.7 Å². The van der Waals surface area contributed by atoms with E-state index >= 15 is 0 Å². The number of aromatic nitrogens is 3. The Balaban J connectivity index is 1.63. The van der Waals surface area contributed by atoms with Crippen LogP contribution >= 0.6 is 22.9 Å². The molecule has 5 rings (SSSR count). The van der Waals surface area contributed by atoms with Gasteiger partial charge in [-0.15, -0.1) is 0 Å². The number of nitrogens with zero attached hydrogens (tertiary/aromatic N) is 4. The first-order chi connectivity index (χ1) is 18.3. The topological polar surface area (TPSA) is 107 Å². The zero-order valence-corrected chi connectivity index (χ0v) is 22.2. The summed E-state index contributed by atoms with van der Waals surface area (Å²) < 4.78 is 67.9. The zero-order valence-electron chi connectivity index (χ0n) is 19.8. The monoisotopic (exact) mass is 579 g/mol. The van der Waals surface area contributed by atoms with E-state index in [1.165, 1.54) is 30.7 Å². The first-order valence-electron chi connectivity index (χ1n) is 11.2. The van der Waals surface area contributed by atoms with E-state index in [9.17, 15) is 17.2 Å². The fourth-order valence-corrected chi connectivity index (χ4v) is 6.43. The van der Waals surface area contributed by atoms with Gasteiger partial charge < -0.3 is 14.4 Å². The summed E-state index contributed by atoms with van der Waals surface area (Å²) >= 11 is 7.44. The number of nitrogens with one attached hydrogen (secondary N) is 1. The maximum Gasteiger partial charge on any atom is 0.267 e. The molecule has 0 aliphatic carbocycles. The molecule has 2 aromatic carbocycles. The predicted molar refractivity (Wildman–Crippen MR) is 140 cm³/mol. The molecule has 198 valence electrons. The number of ether oxygens (including phenoxy) is 2. The van der Waals surface area contributed by atoms with Crippen molar-refractivity contribution in [3.05, 3.63) is 65.6 Å². The lowest BCUT2D eigenvalue weighted by molar-refractivity contribution is 0.122. The van der Waals surface area contributed by atoms with Crippen molar-refractivity contribution < 1.29 is 26.7 Å². The minimum atomic E-state index is -4.64. The quantitative estimate of drug-likeness (QED) is 0.310. The van der Waals surface area contributed by atoms with Gasteiger partial charge in [-0.2, -0.15) is 0 Å². The van der Waals surface area contributed by atoms with Gasteiger partial charge in [-0.3, -0.25) is 4.72 Å². The second-order valence-electron chi connectivity index (χ2n) is 8.03. The molecule has 0 atom stereocenters. The summed E-state index contributed by atoms with van der Waals surface area (Å²) in [5.41, 5.74) is 1.38. The Kier molecular flexibility index (Phi) is 7.43. The molecule has 1 fully saturated rings. The maximum atomic E-state index is 14.3. The molecule has 1 saturated heterocycles. The Morgan fingerprint density at radius 3 is 2.47 bits per heavy atom. The third-order valence-corrected chi connectivity index (χ3v) is 8.40. The Morgan fingerprint density at radius 1 is 1.08 bits per heavy atom. The van der Waals surface area contributed by atoms with Crippen molar-refractivity contribution in [2.24, 2.45) is 0 Å². The number of methoxy groups -OCH3 is 1. The standard InChI is InChI=1S/C24H20ClF2N5O4S2/c1-35-20-14(4-2-7-17(20)31-38(33,34)22-15(26)5-3-6-16(22)27)19-21(18-8-9-28-23(25)29-18)37-24(30-19)32-10-12-36-13-11-32/h2-9,31H,10-13H2,1H3. The molecule has 0 radical (unpaired) electrons. The third kappa shape index (κ3) is 5.14. The summed E-state index contributed by atoms with van der Waals surface area (Å²) in [4.78, 5) is 14.8. The summed E-state index contributed by atoms with van der Waals surface area (Å²) in [6.45, 7) is 2.39. The van der Waals surface area contributed by atoms with E-state index < -0.39 is 26.6 Å². The van der Waals surface area contributed by atoms with E-state index in [4.69, 9.17) is 26.1 Å². The Morgan fingerprint density at radius 2 is 1.79 bits per heavy atom. The predicted octanol–water partition coefficient (Wildman–Crippen LogP) is 4.84. The van der Waals surface area contributed by atoms with Crippen LogP contribution in [0.25, 0.3) is 21.8 Å². The van der Waals surface area contributed by atoms with Crippen LogP contribution < -0.4 is 14.4 Å². The molecule has 1 aliphatic rings. The van der Waals surface area contributed by atoms with Gasteiger partial charge in [0.25, 0.3) is 10.0 Å². The summed E-state index contributed by atoms with van der Waals surface area (Å²) in [5, 5.41) is 0.754. The van der Waals surface area contributed by atoms with Gasteiger partial charge in [-0.05, 0) is 41.9 Å². The number of para-hydroxylation sites is 1. The molecule has 14 heteroatoms. The lowest BCUT2D eigenvalue weighted by atomic mass is 10.1. The highest BCUT2D eigenvalue weighted by Gasteiger charge is 2.28. The average Bonchev–Trinajstić information content (AvgIpc) is 3.34. The van der Waals surface area contributed by atoms with Gasteiger partial charge >= 0.3 is 0 Å². The number of benzene rings is 2. The summed E-state index contributed by atoms with van der Waals surface area (Å²) in [7, 11) is -3.29. The lowest BCUT2D eigenvalue weighted by Gasteiger charge is -2.26. The normalized spacial score (nSPS) is 13.9. The molecule has 0 amide bonds. The molecular formula is C24H20ClF2N5O4S2. The molecule has 1 N–H and O–H groups in total. The van der Waals surface area contributed by atoms with Crippen LogP contribution in [-0.4, -0.2) is 56.8 Å². The number of hydrogen-bond acceptors (Lipinski definition) is 9. The Labute approximate surface area is 226 Å². The van der Waals surface area contributed by atoms with Crippen molar-refractivity contribution in [1.82, 2.24) is 15.0 Å². The van der Waals surface area contributed by atoms with Crippen LogP contribution in [-0.2, 0) is 14.8 Å². The summed E-state index contributed by atoms with van der Waals surface area (Å²) in [5.74, 6) is -2.33. The maximum absolute atomic E-state index is 14.3. The van der Waals surface area contributed by atoms with Crippen molar-refractivity contribution in [1.29, 1.82) is 0 Å². The first-order valence-corrected chi connectivity index (χ1v) is 13.9. The van der Waals surface area contributed by atoms with Gasteiger partial charge in [0.05, 0.1) is 42.3 Å². The van der Waals surface area contributed by atoms with E-state index in [2.05, 4.69) is 19.6 Å². The van der Waals surface area contributed by atoms with Gasteiger partial charge in [-0.1, -0.05) is 23.5 Å². The minimum Gasteiger partial charge on any atom is -0.494 e. The Bertz CT molecular complexity index is 1580. The van der Waals surface area contributed by atoms with Gasteiger partial charge in [0, 0.05) is 24.8 Å². The number of rotatable bonds is 7. The van der Waals surface area contributed by atoms with Crippen LogP contribution in [0.1, 0.15) is 0 Å². The van der Waals surface area contributed by atoms with Crippen LogP contribution in [0.3, 0.4) is 0 Å². The highest BCUT2D eigenvalue weighted by molar-refractivity contribution is 7.92. The fourth-order valence-electron chi connectivity index (χ4n) is 3.98. The molecule has 0 bridgehead atoms. The molecular weight excluding hydrogens is 560 g/mol. The number of hydrogen-bond donors (Lipinski definition) is 1. The van der Waals surface area contributed by atoms with Crippen LogP contribution in [0.4, 0.5) is 19.6 Å². The van der Waals surface area contributed by atoms with Crippen LogP contribution in [0, 0.1) is 11.6 Å². The highest BCUT2D eigenvalue weighted by atomic mass is 35.5. The van der Waals surface area contributed by atoms with Crippen LogP contribution in [0.5, 0.6) is 5.75 Å². The number of halogens is 3. The first kappa shape index (κ1) is 26.2. The molecule has 0 unspecified atom stereocenters. The Hall–Kier alpha value is -3.39. The smallest absolute Gasteiger partial charge is 0.267 e. The fraction of sp³-hybridized carbons (Fsp3) is 0.208. The van der Waals surface area contributed by atoms with E-state index in [1.807, 2.05) is 0 Å². The molecule has 0 spiro atoms. The van der Waals surface area contributed by atoms with Gasteiger partial charge in [0.15, 0.2) is 15.8 Å². The molecule has 38 heavy (non-hydrogen) atoms. The van der Waals surface area contributed by atoms with Gasteiger partial charge in [-0.25, -0.2) is 32.2 Å². The van der Waals surface area contributed by atoms with E-state index in [0.29, 0.717) is 53.3 Å². The second-order valence-corrected chi connectivity index (χ2v) is 11.0. The molecule has 3 heterocycles. The average molecular weight is 580 g/mol. The number of morpholine rings is 1. The van der Waals surface area contributed by atoms with Crippen LogP contribution in [0.2, 0.25) is 5.28 Å². The summed E-state index contributed by atoms with van der Waals surface area (Å²) in [6, 6.07) is 9.21. The summed E-state index contributed by atoms with van der Waals surface area (Å²) in [6.07, 6.45) is 1.52. The van der Waals surface area contributed by atoms with Crippen molar-refractivity contribution >= 4 is 43.8 Å². The highest BCUT2D eigenvalue weighted by Crippen LogP contribution is 2.45. The SMILES string of the molecule is COc1c(NS(=O)(=O)c2c(F)cccc2F)cccc1-c1nc(N2CCOCC2)sc1-c1ccnc(Cl)n1. The molecule has 4 aromatic rings. The van der Waals surface area contributed by atoms with E-state index in [1.54, 1.807) is 18.2 Å². The third-order valence-electron chi connectivity index (χ3n) is 5.66. The zero-order chi connectivity index (χ0) is 26.9. The second kappa shape index (κ2) is 10.8. The minimum absolute atomic E-state index is 0.0276. The largest absolute Gasteiger partial charge is 0.494 e. The van der Waals surface area contributed by atoms with Crippen molar-refractivity contribution in [2.75, 3.05) is 43.0 Å². The number of anilines is 2. The van der Waals surface area contributed by atoms with Crippen molar-refractivity contribution in [3.8, 4) is 27.6 Å². The molecule has 1 aliphatic heterocycles. The van der Waals surface area contributed by atoms with Gasteiger partial charge in [0.1, 0.15) is 11.6 Å². The number of sulfonamides is 1. The molecule has 2 aromatic heterocycles. The molecule has 0 saturated carbocycles. The lowest BCUT2D eigenvalue weighted by Crippen LogP contribution is -2.36. The van der Waals surface area contributed by atoms with Crippen molar-refractivity contribution in [3.63, 3.8) is 0 Å². The van der Waals surface area contributed by atoms with E-state index in [0.717, 1.165) is 18.2 Å². The number of thiazole rings is 1.